The van der Waals surface area contributed by atoms with Gasteiger partial charge in [-0.3, -0.25) is 4.79 Å². The van der Waals surface area contributed by atoms with E-state index in [-0.39, 0.29) is 16.6 Å². The highest BCUT2D eigenvalue weighted by atomic mass is 32.2. The average Bonchev–Trinajstić information content (AvgIpc) is 3.51. The molecule has 1 unspecified atom stereocenters. The van der Waals surface area contributed by atoms with Crippen LogP contribution in [0.1, 0.15) is 25.3 Å². The molecule has 1 aliphatic rings. The van der Waals surface area contributed by atoms with Gasteiger partial charge in [-0.05, 0) is 56.2 Å². The quantitative estimate of drug-likeness (QED) is 0.684. The van der Waals surface area contributed by atoms with Crippen LogP contribution in [-0.4, -0.2) is 33.6 Å². The summed E-state index contributed by atoms with van der Waals surface area (Å²) in [7, 11) is -2.25. The van der Waals surface area contributed by atoms with Crippen molar-refractivity contribution in [3.05, 3.63) is 48.0 Å². The molecule has 0 aromatic heterocycles. The van der Waals surface area contributed by atoms with Crippen molar-refractivity contribution in [3.8, 4) is 17.6 Å². The topological polar surface area (TPSA) is 118 Å². The molecule has 2 N–H and O–H groups in total. The SMILES string of the molecule is COc1ccc(S(=O)(=O)NC2CC2)cc1NC(=O)C(C)Oc1cccc(C#N)c1. The first-order valence-corrected chi connectivity index (χ1v) is 10.5. The zero-order chi connectivity index (χ0) is 21.0. The molecule has 1 aliphatic carbocycles. The Hall–Kier alpha value is -3.09. The lowest BCUT2D eigenvalue weighted by molar-refractivity contribution is -0.122. The third-order valence-electron chi connectivity index (χ3n) is 4.28. The van der Waals surface area contributed by atoms with Crippen LogP contribution in [0, 0.1) is 11.3 Å². The first kappa shape index (κ1) is 20.6. The number of ether oxygens (including phenoxy) is 2. The van der Waals surface area contributed by atoms with Gasteiger partial charge in [-0.1, -0.05) is 6.07 Å². The highest BCUT2D eigenvalue weighted by Gasteiger charge is 2.28. The Morgan fingerprint density at radius 2 is 2.00 bits per heavy atom. The van der Waals surface area contributed by atoms with Gasteiger partial charge in [-0.2, -0.15) is 5.26 Å². The first-order chi connectivity index (χ1) is 13.8. The second-order valence-electron chi connectivity index (χ2n) is 6.65. The Morgan fingerprint density at radius 1 is 1.24 bits per heavy atom. The van der Waals surface area contributed by atoms with E-state index in [2.05, 4.69) is 10.0 Å². The average molecular weight is 415 g/mol. The lowest BCUT2D eigenvalue weighted by atomic mass is 10.2. The Morgan fingerprint density at radius 3 is 2.66 bits per heavy atom. The summed E-state index contributed by atoms with van der Waals surface area (Å²) in [5.74, 6) is 0.210. The van der Waals surface area contributed by atoms with Crippen molar-refractivity contribution in [2.24, 2.45) is 0 Å². The molecule has 9 heteroatoms. The van der Waals surface area contributed by atoms with E-state index in [1.54, 1.807) is 25.1 Å². The molecular formula is C20H21N3O5S. The lowest BCUT2D eigenvalue weighted by Crippen LogP contribution is -2.30. The summed E-state index contributed by atoms with van der Waals surface area (Å²) < 4.78 is 38.3. The third kappa shape index (κ3) is 5.25. The number of carbonyl (C=O) groups is 1. The molecule has 0 bridgehead atoms. The Bertz CT molecular complexity index is 1060. The first-order valence-electron chi connectivity index (χ1n) is 9.00. The highest BCUT2D eigenvalue weighted by molar-refractivity contribution is 7.89. The number of nitriles is 1. The van der Waals surface area contributed by atoms with E-state index in [0.29, 0.717) is 17.1 Å². The summed E-state index contributed by atoms with van der Waals surface area (Å²) in [5.41, 5.74) is 0.634. The number of rotatable bonds is 8. The molecule has 152 valence electrons. The van der Waals surface area contributed by atoms with Crippen LogP contribution in [0.2, 0.25) is 0 Å². The summed E-state index contributed by atoms with van der Waals surface area (Å²) in [6.45, 7) is 1.55. The second kappa shape index (κ2) is 8.51. The fourth-order valence-electron chi connectivity index (χ4n) is 2.57. The van der Waals surface area contributed by atoms with Crippen LogP contribution in [0.3, 0.4) is 0 Å². The molecule has 0 heterocycles. The van der Waals surface area contributed by atoms with Crippen molar-refractivity contribution < 1.29 is 22.7 Å². The molecule has 1 fully saturated rings. The Balaban J connectivity index is 1.75. The van der Waals surface area contributed by atoms with Crippen LogP contribution in [0.5, 0.6) is 11.5 Å². The van der Waals surface area contributed by atoms with E-state index >= 15 is 0 Å². The maximum atomic E-state index is 12.6. The van der Waals surface area contributed by atoms with Gasteiger partial charge in [0.2, 0.25) is 10.0 Å². The van der Waals surface area contributed by atoms with Gasteiger partial charge in [0.15, 0.2) is 6.10 Å². The number of methoxy groups -OCH3 is 1. The largest absolute Gasteiger partial charge is 0.495 e. The molecule has 0 radical (unpaired) electrons. The zero-order valence-electron chi connectivity index (χ0n) is 16.0. The highest BCUT2D eigenvalue weighted by Crippen LogP contribution is 2.29. The van der Waals surface area contributed by atoms with Gasteiger partial charge >= 0.3 is 0 Å². The van der Waals surface area contributed by atoms with Crippen molar-refractivity contribution in [3.63, 3.8) is 0 Å². The van der Waals surface area contributed by atoms with Crippen LogP contribution in [0.25, 0.3) is 0 Å². The molecule has 0 saturated heterocycles. The monoisotopic (exact) mass is 415 g/mol. The molecule has 3 rings (SSSR count). The molecule has 0 aliphatic heterocycles. The van der Waals surface area contributed by atoms with Crippen molar-refractivity contribution in [1.82, 2.24) is 4.72 Å². The van der Waals surface area contributed by atoms with E-state index in [4.69, 9.17) is 14.7 Å². The number of amides is 1. The van der Waals surface area contributed by atoms with Crippen LogP contribution in [0.4, 0.5) is 5.69 Å². The van der Waals surface area contributed by atoms with Crippen molar-refractivity contribution in [2.45, 2.75) is 36.8 Å². The summed E-state index contributed by atoms with van der Waals surface area (Å²) >= 11 is 0. The summed E-state index contributed by atoms with van der Waals surface area (Å²) in [6, 6.07) is 12.7. The van der Waals surface area contributed by atoms with Crippen LogP contribution < -0.4 is 19.5 Å². The lowest BCUT2D eigenvalue weighted by Gasteiger charge is -2.17. The van der Waals surface area contributed by atoms with E-state index in [1.807, 2.05) is 6.07 Å². The van der Waals surface area contributed by atoms with Gasteiger partial charge in [0, 0.05) is 6.04 Å². The molecule has 2 aromatic carbocycles. The molecule has 29 heavy (non-hydrogen) atoms. The summed E-state index contributed by atoms with van der Waals surface area (Å²) in [6.07, 6.45) is 0.750. The second-order valence-corrected chi connectivity index (χ2v) is 8.36. The van der Waals surface area contributed by atoms with Crippen LogP contribution in [-0.2, 0) is 14.8 Å². The smallest absolute Gasteiger partial charge is 0.265 e. The standard InChI is InChI=1S/C20H21N3O5S/c1-13(28-16-5-3-4-14(10-16)12-21)20(24)22-18-11-17(8-9-19(18)27-2)29(25,26)23-15-6-7-15/h3-5,8-11,13,15,23H,6-7H2,1-2H3,(H,22,24). The van der Waals surface area contributed by atoms with Gasteiger partial charge in [-0.25, -0.2) is 13.1 Å². The van der Waals surface area contributed by atoms with Crippen molar-refractivity contribution in [1.29, 1.82) is 5.26 Å². The minimum absolute atomic E-state index is 0.0299. The van der Waals surface area contributed by atoms with Crippen LogP contribution in [0.15, 0.2) is 47.4 Å². The van der Waals surface area contributed by atoms with E-state index in [9.17, 15) is 13.2 Å². The summed E-state index contributed by atoms with van der Waals surface area (Å²) in [4.78, 5) is 12.6. The number of nitrogens with zero attached hydrogens (tertiary/aromatic N) is 1. The van der Waals surface area contributed by atoms with E-state index in [1.165, 1.54) is 31.4 Å². The van der Waals surface area contributed by atoms with Gasteiger partial charge in [0.25, 0.3) is 5.91 Å². The van der Waals surface area contributed by atoms with Crippen LogP contribution >= 0.6 is 0 Å². The minimum atomic E-state index is -3.68. The maximum absolute atomic E-state index is 12.6. The van der Waals surface area contributed by atoms with Crippen molar-refractivity contribution >= 4 is 21.6 Å². The van der Waals surface area contributed by atoms with Gasteiger partial charge in [0.05, 0.1) is 29.3 Å². The number of benzene rings is 2. The maximum Gasteiger partial charge on any atom is 0.265 e. The molecular weight excluding hydrogens is 394 g/mol. The molecule has 1 amide bonds. The fraction of sp³-hybridized carbons (Fsp3) is 0.300. The number of nitrogens with one attached hydrogen (secondary N) is 2. The van der Waals surface area contributed by atoms with Gasteiger partial charge in [0.1, 0.15) is 11.5 Å². The zero-order valence-corrected chi connectivity index (χ0v) is 16.8. The molecule has 8 nitrogen and oxygen atoms in total. The molecule has 0 spiro atoms. The minimum Gasteiger partial charge on any atom is -0.495 e. The Labute approximate surface area is 169 Å². The number of hydrogen-bond acceptors (Lipinski definition) is 6. The summed E-state index contributed by atoms with van der Waals surface area (Å²) in [5, 5.41) is 11.6. The molecule has 2 aromatic rings. The normalized spacial score (nSPS) is 14.5. The van der Waals surface area contributed by atoms with E-state index in [0.717, 1.165) is 12.8 Å². The number of hydrogen-bond donors (Lipinski definition) is 2. The number of anilines is 1. The predicted octanol–water partition coefficient (Wildman–Crippen LogP) is 2.41. The van der Waals surface area contributed by atoms with Crippen molar-refractivity contribution in [2.75, 3.05) is 12.4 Å². The number of sulfonamides is 1. The molecule has 1 atom stereocenters. The molecule has 1 saturated carbocycles. The third-order valence-corrected chi connectivity index (χ3v) is 5.80. The van der Waals surface area contributed by atoms with Gasteiger partial charge in [-0.15, -0.1) is 0 Å². The van der Waals surface area contributed by atoms with E-state index < -0.39 is 22.0 Å². The predicted molar refractivity (Wildman–Crippen MR) is 106 cm³/mol. The Kier molecular flexibility index (Phi) is 6.06. The van der Waals surface area contributed by atoms with Gasteiger partial charge < -0.3 is 14.8 Å². The number of carbonyl (C=O) groups excluding carboxylic acids is 1. The fourth-order valence-corrected chi connectivity index (χ4v) is 3.90.